The fourth-order valence-corrected chi connectivity index (χ4v) is 1.38. The van der Waals surface area contributed by atoms with Gasteiger partial charge in [-0.15, -0.1) is 0 Å². The largest absolute Gasteiger partial charge is 0.399 e. The van der Waals surface area contributed by atoms with E-state index < -0.39 is 10.1 Å². The van der Waals surface area contributed by atoms with E-state index in [4.69, 9.17) is 9.92 Å². The molecule has 2 N–H and O–H groups in total. The number of nitrogen functional groups attached to an aromatic ring is 1. The standard InChI is InChI=1S/C8H11NO3S/c1-6-3-4-7(9)5-8(6)12-13(2,10)11/h3-5H,9H2,1-2H3. The first kappa shape index (κ1) is 9.85. The fourth-order valence-electron chi connectivity index (χ4n) is 0.870. The van der Waals surface area contributed by atoms with E-state index in [0.717, 1.165) is 11.8 Å². The lowest BCUT2D eigenvalue weighted by Crippen LogP contribution is -2.07. The SMILES string of the molecule is Cc1ccc(N)cc1OS(C)(=O)=O. The molecule has 0 spiro atoms. The predicted octanol–water partition coefficient (Wildman–Crippen LogP) is 0.916. The quantitative estimate of drug-likeness (QED) is 0.570. The monoisotopic (exact) mass is 201 g/mol. The minimum atomic E-state index is -3.47. The molecule has 0 aliphatic rings. The summed E-state index contributed by atoms with van der Waals surface area (Å²) in [5.41, 5.74) is 6.68. The summed E-state index contributed by atoms with van der Waals surface area (Å²) in [4.78, 5) is 0. The number of anilines is 1. The number of benzene rings is 1. The van der Waals surface area contributed by atoms with Crippen LogP contribution in [0.25, 0.3) is 0 Å². The molecule has 0 aliphatic carbocycles. The van der Waals surface area contributed by atoms with Crippen molar-refractivity contribution in [1.29, 1.82) is 0 Å². The molecular weight excluding hydrogens is 190 g/mol. The van der Waals surface area contributed by atoms with E-state index in [1.165, 1.54) is 6.07 Å². The summed E-state index contributed by atoms with van der Waals surface area (Å²) in [6, 6.07) is 4.87. The molecule has 1 aromatic rings. The zero-order chi connectivity index (χ0) is 10.1. The van der Waals surface area contributed by atoms with Gasteiger partial charge in [-0.3, -0.25) is 0 Å². The summed E-state index contributed by atoms with van der Waals surface area (Å²) in [6.07, 6.45) is 0.996. The third-order valence-corrected chi connectivity index (χ3v) is 1.94. The maximum absolute atomic E-state index is 10.8. The zero-order valence-electron chi connectivity index (χ0n) is 7.44. The van der Waals surface area contributed by atoms with Crippen molar-refractivity contribution < 1.29 is 12.6 Å². The predicted molar refractivity (Wildman–Crippen MR) is 51.1 cm³/mol. The Morgan fingerprint density at radius 2 is 2.00 bits per heavy atom. The Bertz CT molecular complexity index is 411. The van der Waals surface area contributed by atoms with Crippen LogP contribution in [-0.2, 0) is 10.1 Å². The summed E-state index contributed by atoms with van der Waals surface area (Å²) < 4.78 is 26.3. The van der Waals surface area contributed by atoms with Gasteiger partial charge < -0.3 is 9.92 Å². The molecule has 0 saturated carbocycles. The van der Waals surface area contributed by atoms with Gasteiger partial charge in [-0.2, -0.15) is 8.42 Å². The molecule has 4 nitrogen and oxygen atoms in total. The molecule has 1 aromatic carbocycles. The van der Waals surface area contributed by atoms with E-state index in [1.54, 1.807) is 19.1 Å². The number of nitrogens with two attached hydrogens (primary N) is 1. The van der Waals surface area contributed by atoms with Crippen LogP contribution in [0.1, 0.15) is 5.56 Å². The van der Waals surface area contributed by atoms with Crippen molar-refractivity contribution in [2.75, 3.05) is 12.0 Å². The normalized spacial score (nSPS) is 11.2. The van der Waals surface area contributed by atoms with Gasteiger partial charge >= 0.3 is 10.1 Å². The topological polar surface area (TPSA) is 69.4 Å². The van der Waals surface area contributed by atoms with E-state index >= 15 is 0 Å². The smallest absolute Gasteiger partial charge is 0.306 e. The van der Waals surface area contributed by atoms with E-state index in [1.807, 2.05) is 0 Å². The van der Waals surface area contributed by atoms with Gasteiger partial charge in [0.2, 0.25) is 0 Å². The maximum atomic E-state index is 10.8. The molecule has 5 heteroatoms. The molecule has 0 saturated heterocycles. The summed E-state index contributed by atoms with van der Waals surface area (Å²) in [5, 5.41) is 0. The molecule has 0 aliphatic heterocycles. The van der Waals surface area contributed by atoms with Gasteiger partial charge in [0.25, 0.3) is 0 Å². The lowest BCUT2D eigenvalue weighted by Gasteiger charge is -2.06. The molecule has 0 bridgehead atoms. The van der Waals surface area contributed by atoms with Gasteiger partial charge in [-0.05, 0) is 18.6 Å². The van der Waals surface area contributed by atoms with Crippen molar-refractivity contribution in [3.05, 3.63) is 23.8 Å². The Labute approximate surface area is 77.4 Å². The Kier molecular flexibility index (Phi) is 2.47. The average Bonchev–Trinajstić information content (AvgIpc) is 1.94. The summed E-state index contributed by atoms with van der Waals surface area (Å²) in [5.74, 6) is 0.280. The molecule has 0 amide bonds. The van der Waals surface area contributed by atoms with Crippen molar-refractivity contribution >= 4 is 15.8 Å². The first-order chi connectivity index (χ1) is 5.88. The number of hydrogen-bond donors (Lipinski definition) is 1. The number of rotatable bonds is 2. The molecule has 0 radical (unpaired) electrons. The molecule has 1 rings (SSSR count). The second-order valence-corrected chi connectivity index (χ2v) is 4.39. The Morgan fingerprint density at radius 3 is 2.54 bits per heavy atom. The van der Waals surface area contributed by atoms with Crippen LogP contribution in [0.3, 0.4) is 0 Å². The second kappa shape index (κ2) is 3.26. The molecule has 0 atom stereocenters. The van der Waals surface area contributed by atoms with Crippen LogP contribution in [-0.4, -0.2) is 14.7 Å². The number of hydrogen-bond acceptors (Lipinski definition) is 4. The summed E-state index contributed by atoms with van der Waals surface area (Å²) in [6.45, 7) is 1.75. The second-order valence-electron chi connectivity index (χ2n) is 2.81. The number of aryl methyl sites for hydroxylation is 1. The third kappa shape index (κ3) is 2.95. The highest BCUT2D eigenvalue weighted by Crippen LogP contribution is 2.21. The van der Waals surface area contributed by atoms with Crippen LogP contribution in [0.5, 0.6) is 5.75 Å². The van der Waals surface area contributed by atoms with Crippen LogP contribution < -0.4 is 9.92 Å². The molecule has 0 heterocycles. The maximum Gasteiger partial charge on any atom is 0.306 e. The van der Waals surface area contributed by atoms with Gasteiger partial charge in [0.1, 0.15) is 5.75 Å². The highest BCUT2D eigenvalue weighted by atomic mass is 32.2. The lowest BCUT2D eigenvalue weighted by molar-refractivity contribution is 0.491. The van der Waals surface area contributed by atoms with Crippen molar-refractivity contribution in [2.45, 2.75) is 6.92 Å². The van der Waals surface area contributed by atoms with Crippen molar-refractivity contribution in [3.8, 4) is 5.75 Å². The van der Waals surface area contributed by atoms with Crippen LogP contribution in [0.2, 0.25) is 0 Å². The van der Waals surface area contributed by atoms with E-state index in [2.05, 4.69) is 0 Å². The first-order valence-corrected chi connectivity index (χ1v) is 5.46. The van der Waals surface area contributed by atoms with Gasteiger partial charge in [0.15, 0.2) is 0 Å². The first-order valence-electron chi connectivity index (χ1n) is 3.64. The zero-order valence-corrected chi connectivity index (χ0v) is 8.26. The van der Waals surface area contributed by atoms with Crippen molar-refractivity contribution in [2.24, 2.45) is 0 Å². The molecule has 0 unspecified atom stereocenters. The van der Waals surface area contributed by atoms with E-state index in [9.17, 15) is 8.42 Å². The average molecular weight is 201 g/mol. The summed E-state index contributed by atoms with van der Waals surface area (Å²) >= 11 is 0. The molecule has 13 heavy (non-hydrogen) atoms. The summed E-state index contributed by atoms with van der Waals surface area (Å²) in [7, 11) is -3.47. The van der Waals surface area contributed by atoms with Gasteiger partial charge in [-0.25, -0.2) is 0 Å². The van der Waals surface area contributed by atoms with Crippen molar-refractivity contribution in [1.82, 2.24) is 0 Å². The Morgan fingerprint density at radius 1 is 1.38 bits per heavy atom. The molecule has 0 aromatic heterocycles. The van der Waals surface area contributed by atoms with Gasteiger partial charge in [-0.1, -0.05) is 6.07 Å². The Balaban J connectivity index is 3.08. The van der Waals surface area contributed by atoms with Crippen molar-refractivity contribution in [3.63, 3.8) is 0 Å². The van der Waals surface area contributed by atoms with Crippen LogP contribution in [0.4, 0.5) is 5.69 Å². The van der Waals surface area contributed by atoms with Gasteiger partial charge in [0.05, 0.1) is 6.26 Å². The van der Waals surface area contributed by atoms with E-state index in [0.29, 0.717) is 5.69 Å². The Hall–Kier alpha value is -1.23. The molecule has 72 valence electrons. The van der Waals surface area contributed by atoms with Gasteiger partial charge in [0, 0.05) is 11.8 Å². The van der Waals surface area contributed by atoms with Crippen LogP contribution >= 0.6 is 0 Å². The fraction of sp³-hybridized carbons (Fsp3) is 0.250. The highest BCUT2D eigenvalue weighted by molar-refractivity contribution is 7.86. The van der Waals surface area contributed by atoms with Crippen LogP contribution in [0.15, 0.2) is 18.2 Å². The molecule has 0 fully saturated rings. The minimum Gasteiger partial charge on any atom is -0.399 e. The highest BCUT2D eigenvalue weighted by Gasteiger charge is 2.06. The molecular formula is C8H11NO3S. The minimum absolute atomic E-state index is 0.280. The van der Waals surface area contributed by atoms with Crippen LogP contribution in [0, 0.1) is 6.92 Å². The third-order valence-electron chi connectivity index (χ3n) is 1.45. The lowest BCUT2D eigenvalue weighted by atomic mass is 10.2. The van der Waals surface area contributed by atoms with E-state index in [-0.39, 0.29) is 5.75 Å².